The van der Waals surface area contributed by atoms with Gasteiger partial charge in [-0.15, -0.1) is 0 Å². The second-order valence-corrected chi connectivity index (χ2v) is 3.54. The first-order valence-electron chi connectivity index (χ1n) is 4.56. The molecule has 0 aliphatic rings. The molecule has 0 saturated carbocycles. The number of rotatable bonds is 4. The van der Waals surface area contributed by atoms with Gasteiger partial charge >= 0.3 is 0 Å². The van der Waals surface area contributed by atoms with Gasteiger partial charge in [0.25, 0.3) is 0 Å². The average Bonchev–Trinajstić information content (AvgIpc) is 2.17. The highest BCUT2D eigenvalue weighted by Crippen LogP contribution is 2.08. The molecule has 1 aromatic rings. The minimum Gasteiger partial charge on any atom is -0.366 e. The fraction of sp³-hybridized carbons (Fsp3) is 0.444. The molecule has 0 radical (unpaired) electrons. The van der Waals surface area contributed by atoms with E-state index >= 15 is 0 Å². The molecule has 0 aliphatic heterocycles. The number of hydrogen-bond acceptors (Lipinski definition) is 4. The van der Waals surface area contributed by atoms with Crippen molar-refractivity contribution in [2.24, 2.45) is 0 Å². The Morgan fingerprint density at radius 3 is 2.93 bits per heavy atom. The molecule has 1 heterocycles. The molecule has 0 saturated heterocycles. The van der Waals surface area contributed by atoms with Crippen molar-refractivity contribution in [2.75, 3.05) is 12.4 Å². The molecule has 1 amide bonds. The molecule has 2 N–H and O–H groups in total. The molecule has 0 aliphatic carbocycles. The van der Waals surface area contributed by atoms with Gasteiger partial charge in [-0.2, -0.15) is 0 Å². The third-order valence-corrected chi connectivity index (χ3v) is 1.95. The smallest absolute Gasteiger partial charge is 0.221 e. The SMILES string of the molecule is CNC(=O)CC(C)Nc1cncc(Cl)n1. The third kappa shape index (κ3) is 4.12. The number of halogens is 1. The minimum atomic E-state index is -0.0232. The van der Waals surface area contributed by atoms with Crippen LogP contribution in [0.3, 0.4) is 0 Å². The first-order valence-corrected chi connectivity index (χ1v) is 4.94. The number of anilines is 1. The van der Waals surface area contributed by atoms with Crippen LogP contribution in [0.1, 0.15) is 13.3 Å². The van der Waals surface area contributed by atoms with E-state index in [1.54, 1.807) is 13.2 Å². The predicted molar refractivity (Wildman–Crippen MR) is 58.8 cm³/mol. The lowest BCUT2D eigenvalue weighted by Gasteiger charge is -2.12. The number of aromatic nitrogens is 2. The van der Waals surface area contributed by atoms with Gasteiger partial charge in [0, 0.05) is 19.5 Å². The average molecular weight is 229 g/mol. The summed E-state index contributed by atoms with van der Waals surface area (Å²) < 4.78 is 0. The van der Waals surface area contributed by atoms with Gasteiger partial charge in [0.2, 0.25) is 5.91 Å². The van der Waals surface area contributed by atoms with Crippen molar-refractivity contribution in [3.63, 3.8) is 0 Å². The number of carbonyl (C=O) groups excluding carboxylic acids is 1. The van der Waals surface area contributed by atoms with E-state index in [-0.39, 0.29) is 11.9 Å². The van der Waals surface area contributed by atoms with E-state index in [9.17, 15) is 4.79 Å². The molecular weight excluding hydrogens is 216 g/mol. The van der Waals surface area contributed by atoms with Crippen LogP contribution in [0.25, 0.3) is 0 Å². The predicted octanol–water partition coefficient (Wildman–Crippen LogP) is 1.07. The largest absolute Gasteiger partial charge is 0.366 e. The maximum atomic E-state index is 11.1. The molecule has 1 unspecified atom stereocenters. The van der Waals surface area contributed by atoms with Crippen molar-refractivity contribution in [3.8, 4) is 0 Å². The van der Waals surface area contributed by atoms with Crippen molar-refractivity contribution in [2.45, 2.75) is 19.4 Å². The summed E-state index contributed by atoms with van der Waals surface area (Å²) in [5, 5.41) is 5.91. The topological polar surface area (TPSA) is 66.9 Å². The van der Waals surface area contributed by atoms with Gasteiger partial charge < -0.3 is 10.6 Å². The summed E-state index contributed by atoms with van der Waals surface area (Å²) in [5.41, 5.74) is 0. The van der Waals surface area contributed by atoms with Gasteiger partial charge in [0.15, 0.2) is 0 Å². The van der Waals surface area contributed by atoms with Crippen molar-refractivity contribution in [3.05, 3.63) is 17.5 Å². The molecule has 1 aromatic heterocycles. The zero-order valence-corrected chi connectivity index (χ0v) is 9.38. The van der Waals surface area contributed by atoms with Crippen molar-refractivity contribution in [1.29, 1.82) is 0 Å². The molecule has 15 heavy (non-hydrogen) atoms. The zero-order chi connectivity index (χ0) is 11.3. The van der Waals surface area contributed by atoms with E-state index in [0.29, 0.717) is 17.4 Å². The summed E-state index contributed by atoms with van der Waals surface area (Å²) >= 11 is 5.67. The zero-order valence-electron chi connectivity index (χ0n) is 8.62. The van der Waals surface area contributed by atoms with E-state index in [1.807, 2.05) is 6.92 Å². The lowest BCUT2D eigenvalue weighted by molar-refractivity contribution is -0.120. The van der Waals surface area contributed by atoms with Crippen LogP contribution in [0.15, 0.2) is 12.4 Å². The summed E-state index contributed by atoms with van der Waals surface area (Å²) in [6.07, 6.45) is 3.40. The summed E-state index contributed by atoms with van der Waals surface area (Å²) in [5.74, 6) is 0.545. The molecule has 1 atom stereocenters. The van der Waals surface area contributed by atoms with E-state index in [0.717, 1.165) is 0 Å². The van der Waals surface area contributed by atoms with E-state index < -0.39 is 0 Å². The number of nitrogens with zero attached hydrogens (tertiary/aromatic N) is 2. The van der Waals surface area contributed by atoms with Crippen LogP contribution in [0.4, 0.5) is 5.82 Å². The second-order valence-electron chi connectivity index (χ2n) is 3.15. The minimum absolute atomic E-state index is 0.0160. The maximum absolute atomic E-state index is 11.1. The molecule has 1 rings (SSSR count). The number of hydrogen-bond donors (Lipinski definition) is 2. The Morgan fingerprint density at radius 2 is 2.33 bits per heavy atom. The number of nitrogens with one attached hydrogen (secondary N) is 2. The van der Waals surface area contributed by atoms with Crippen LogP contribution < -0.4 is 10.6 Å². The van der Waals surface area contributed by atoms with Crippen LogP contribution in [0.5, 0.6) is 0 Å². The Hall–Kier alpha value is -1.36. The summed E-state index contributed by atoms with van der Waals surface area (Å²) in [6, 6.07) is -0.0160. The monoisotopic (exact) mass is 228 g/mol. The Kier molecular flexibility index (Phi) is 4.30. The van der Waals surface area contributed by atoms with Crippen molar-refractivity contribution < 1.29 is 4.79 Å². The Morgan fingerprint density at radius 1 is 1.60 bits per heavy atom. The third-order valence-electron chi connectivity index (χ3n) is 1.77. The first kappa shape index (κ1) is 11.7. The Balaban J connectivity index is 2.51. The molecule has 5 nitrogen and oxygen atoms in total. The van der Waals surface area contributed by atoms with Crippen molar-refractivity contribution in [1.82, 2.24) is 15.3 Å². The molecule has 0 aromatic carbocycles. The fourth-order valence-electron chi connectivity index (χ4n) is 1.10. The van der Waals surface area contributed by atoms with Crippen LogP contribution in [0.2, 0.25) is 5.15 Å². The summed E-state index contributed by atoms with van der Waals surface area (Å²) in [4.78, 5) is 19.0. The van der Waals surface area contributed by atoms with Gasteiger partial charge in [-0.05, 0) is 6.92 Å². The van der Waals surface area contributed by atoms with E-state index in [4.69, 9.17) is 11.6 Å². The first-order chi connectivity index (χ1) is 7.11. The maximum Gasteiger partial charge on any atom is 0.221 e. The van der Waals surface area contributed by atoms with Crippen LogP contribution in [0, 0.1) is 0 Å². The normalized spacial score (nSPS) is 11.9. The van der Waals surface area contributed by atoms with E-state index in [1.165, 1.54) is 6.20 Å². The molecular formula is C9H13ClN4O. The lowest BCUT2D eigenvalue weighted by Crippen LogP contribution is -2.27. The Labute approximate surface area is 93.3 Å². The fourth-order valence-corrected chi connectivity index (χ4v) is 1.24. The molecule has 0 spiro atoms. The van der Waals surface area contributed by atoms with Crippen molar-refractivity contribution >= 4 is 23.3 Å². The lowest BCUT2D eigenvalue weighted by atomic mass is 10.2. The quantitative estimate of drug-likeness (QED) is 0.809. The highest BCUT2D eigenvalue weighted by molar-refractivity contribution is 6.29. The molecule has 0 bridgehead atoms. The van der Waals surface area contributed by atoms with Gasteiger partial charge in [0.05, 0.1) is 12.4 Å². The molecule has 6 heteroatoms. The van der Waals surface area contributed by atoms with Gasteiger partial charge in [-0.25, -0.2) is 4.98 Å². The van der Waals surface area contributed by atoms with Gasteiger partial charge in [0.1, 0.15) is 11.0 Å². The highest BCUT2D eigenvalue weighted by Gasteiger charge is 2.08. The van der Waals surface area contributed by atoms with Crippen LogP contribution in [-0.4, -0.2) is 29.0 Å². The molecule has 82 valence electrons. The summed E-state index contributed by atoms with van der Waals surface area (Å²) in [7, 11) is 1.61. The number of carbonyl (C=O) groups is 1. The highest BCUT2D eigenvalue weighted by atomic mass is 35.5. The standard InChI is InChI=1S/C9H13ClN4O/c1-6(3-9(15)11-2)13-8-5-12-4-7(10)14-8/h4-6H,3H2,1-2H3,(H,11,15)(H,13,14). The van der Waals surface area contributed by atoms with Gasteiger partial charge in [-0.3, -0.25) is 9.78 Å². The second kappa shape index (κ2) is 5.50. The van der Waals surface area contributed by atoms with E-state index in [2.05, 4.69) is 20.6 Å². The number of amides is 1. The van der Waals surface area contributed by atoms with Gasteiger partial charge in [-0.1, -0.05) is 11.6 Å². The molecule has 0 fully saturated rings. The van der Waals surface area contributed by atoms with Crippen LogP contribution >= 0.6 is 11.6 Å². The summed E-state index contributed by atoms with van der Waals surface area (Å²) in [6.45, 7) is 1.89. The van der Waals surface area contributed by atoms with Crippen LogP contribution in [-0.2, 0) is 4.79 Å². The Bertz CT molecular complexity index is 345.